The van der Waals surface area contributed by atoms with E-state index in [1.54, 1.807) is 6.92 Å². The number of aliphatic carboxylic acids is 1. The molecule has 1 aliphatic heterocycles. The van der Waals surface area contributed by atoms with E-state index in [1.165, 1.54) is 6.33 Å². The summed E-state index contributed by atoms with van der Waals surface area (Å²) in [5.41, 5.74) is 4.83. The molecule has 2 rings (SSSR count). The number of nitrogens with two attached hydrogens (primary N) is 1. The molecule has 0 spiro atoms. The van der Waals surface area contributed by atoms with Gasteiger partial charge in [-0.25, -0.2) is 9.97 Å². The van der Waals surface area contributed by atoms with Gasteiger partial charge in [0, 0.05) is 13.1 Å². The lowest BCUT2D eigenvalue weighted by Crippen LogP contribution is -2.32. The maximum atomic E-state index is 11.1. The highest BCUT2D eigenvalue weighted by atomic mass is 35.5. The summed E-state index contributed by atoms with van der Waals surface area (Å²) >= 11 is 6.01. The van der Waals surface area contributed by atoms with Crippen molar-refractivity contribution < 1.29 is 9.90 Å². The average Bonchev–Trinajstić information content (AvgIpc) is 2.66. The maximum absolute atomic E-state index is 11.1. The zero-order chi connectivity index (χ0) is 12.6. The zero-order valence-electron chi connectivity index (χ0n) is 9.35. The molecule has 1 atom stereocenters. The third-order valence-electron chi connectivity index (χ3n) is 3.09. The number of anilines is 2. The first-order valence-electron chi connectivity index (χ1n) is 5.18. The van der Waals surface area contributed by atoms with Crippen LogP contribution >= 0.6 is 11.6 Å². The second kappa shape index (κ2) is 4.03. The largest absolute Gasteiger partial charge is 0.481 e. The summed E-state index contributed by atoms with van der Waals surface area (Å²) in [5.74, 6) is -0.0945. The number of nitrogen functional groups attached to an aromatic ring is 1. The van der Waals surface area contributed by atoms with Crippen LogP contribution in [-0.2, 0) is 4.79 Å². The molecule has 1 fully saturated rings. The molecule has 6 nitrogen and oxygen atoms in total. The van der Waals surface area contributed by atoms with E-state index in [4.69, 9.17) is 22.4 Å². The van der Waals surface area contributed by atoms with E-state index in [-0.39, 0.29) is 10.8 Å². The number of halogens is 1. The number of nitrogens with zero attached hydrogens (tertiary/aromatic N) is 3. The van der Waals surface area contributed by atoms with Gasteiger partial charge in [0.25, 0.3) is 0 Å². The van der Waals surface area contributed by atoms with Crippen molar-refractivity contribution in [1.29, 1.82) is 0 Å². The fraction of sp³-hybridized carbons (Fsp3) is 0.500. The molecular formula is C10H13ClN4O2. The van der Waals surface area contributed by atoms with E-state index in [0.29, 0.717) is 25.3 Å². The molecule has 92 valence electrons. The van der Waals surface area contributed by atoms with E-state index in [0.717, 1.165) is 0 Å². The summed E-state index contributed by atoms with van der Waals surface area (Å²) in [6, 6.07) is 0. The summed E-state index contributed by atoms with van der Waals surface area (Å²) in [5, 5.41) is 9.42. The molecule has 0 aliphatic carbocycles. The smallest absolute Gasteiger partial charge is 0.311 e. The lowest BCUT2D eigenvalue weighted by Gasteiger charge is -2.21. The molecule has 7 heteroatoms. The van der Waals surface area contributed by atoms with Crippen LogP contribution in [0.25, 0.3) is 0 Å². The predicted molar refractivity (Wildman–Crippen MR) is 64.0 cm³/mol. The van der Waals surface area contributed by atoms with Gasteiger partial charge in [-0.05, 0) is 13.3 Å². The fourth-order valence-corrected chi connectivity index (χ4v) is 2.13. The first kappa shape index (κ1) is 11.9. The van der Waals surface area contributed by atoms with Crippen LogP contribution in [0.4, 0.5) is 11.6 Å². The second-order valence-electron chi connectivity index (χ2n) is 4.43. The zero-order valence-corrected chi connectivity index (χ0v) is 10.1. The Hall–Kier alpha value is -1.56. The van der Waals surface area contributed by atoms with Crippen molar-refractivity contribution in [2.45, 2.75) is 13.3 Å². The van der Waals surface area contributed by atoms with Gasteiger partial charge in [-0.2, -0.15) is 0 Å². The van der Waals surface area contributed by atoms with Gasteiger partial charge in [0.2, 0.25) is 0 Å². The summed E-state index contributed by atoms with van der Waals surface area (Å²) in [4.78, 5) is 20.8. The van der Waals surface area contributed by atoms with Crippen LogP contribution in [0.2, 0.25) is 5.02 Å². The fourth-order valence-electron chi connectivity index (χ4n) is 1.91. The molecule has 1 aromatic rings. The second-order valence-corrected chi connectivity index (χ2v) is 4.81. The number of carbonyl (C=O) groups is 1. The van der Waals surface area contributed by atoms with E-state index >= 15 is 0 Å². The van der Waals surface area contributed by atoms with E-state index in [1.807, 2.05) is 4.90 Å². The van der Waals surface area contributed by atoms with Crippen LogP contribution in [0.5, 0.6) is 0 Å². The van der Waals surface area contributed by atoms with E-state index in [2.05, 4.69) is 9.97 Å². The lowest BCUT2D eigenvalue weighted by molar-refractivity contribution is -0.146. The van der Waals surface area contributed by atoms with Gasteiger partial charge in [0.05, 0.1) is 5.41 Å². The molecule has 1 saturated heterocycles. The van der Waals surface area contributed by atoms with Crippen molar-refractivity contribution in [3.63, 3.8) is 0 Å². The molecule has 2 heterocycles. The SMILES string of the molecule is CC1(C(=O)O)CCN(c2ncnc(N)c2Cl)C1. The quantitative estimate of drug-likeness (QED) is 0.821. The standard InChI is InChI=1S/C10H13ClN4O2/c1-10(9(16)17)2-3-15(4-10)8-6(11)7(12)13-5-14-8/h5H,2-4H2,1H3,(H,16,17)(H2,12,13,14). The van der Waals surface area contributed by atoms with Gasteiger partial charge < -0.3 is 15.7 Å². The van der Waals surface area contributed by atoms with Crippen molar-refractivity contribution in [2.24, 2.45) is 5.41 Å². The number of rotatable bonds is 2. The minimum absolute atomic E-state index is 0.209. The van der Waals surface area contributed by atoms with Gasteiger partial charge in [-0.3, -0.25) is 4.79 Å². The highest BCUT2D eigenvalue weighted by Crippen LogP contribution is 2.36. The Morgan fingerprint density at radius 2 is 2.35 bits per heavy atom. The van der Waals surface area contributed by atoms with Crippen LogP contribution in [0.1, 0.15) is 13.3 Å². The third-order valence-corrected chi connectivity index (χ3v) is 3.45. The van der Waals surface area contributed by atoms with Crippen LogP contribution < -0.4 is 10.6 Å². The molecular weight excluding hydrogens is 244 g/mol. The number of aromatic nitrogens is 2. The Kier molecular flexibility index (Phi) is 2.82. The molecule has 1 unspecified atom stereocenters. The Labute approximate surface area is 103 Å². The van der Waals surface area contributed by atoms with Gasteiger partial charge in [0.1, 0.15) is 17.2 Å². The molecule has 0 saturated carbocycles. The van der Waals surface area contributed by atoms with Gasteiger partial charge >= 0.3 is 5.97 Å². The first-order valence-corrected chi connectivity index (χ1v) is 5.56. The number of carboxylic acids is 1. The molecule has 0 bridgehead atoms. The van der Waals surface area contributed by atoms with Gasteiger partial charge in [0.15, 0.2) is 5.82 Å². The molecule has 17 heavy (non-hydrogen) atoms. The predicted octanol–water partition coefficient (Wildman–Crippen LogP) is 1.01. The van der Waals surface area contributed by atoms with Gasteiger partial charge in [-0.1, -0.05) is 11.6 Å². The van der Waals surface area contributed by atoms with Crippen molar-refractivity contribution >= 4 is 29.2 Å². The van der Waals surface area contributed by atoms with Gasteiger partial charge in [-0.15, -0.1) is 0 Å². The number of carboxylic acid groups (broad SMARTS) is 1. The highest BCUT2D eigenvalue weighted by Gasteiger charge is 2.41. The Balaban J connectivity index is 2.27. The molecule has 0 aromatic carbocycles. The Morgan fingerprint density at radius 3 is 2.94 bits per heavy atom. The van der Waals surface area contributed by atoms with E-state index in [9.17, 15) is 4.79 Å². The Morgan fingerprint density at radius 1 is 1.65 bits per heavy atom. The molecule has 0 amide bonds. The third kappa shape index (κ3) is 2.00. The lowest BCUT2D eigenvalue weighted by atomic mass is 9.90. The highest BCUT2D eigenvalue weighted by molar-refractivity contribution is 6.35. The van der Waals surface area contributed by atoms with Crippen molar-refractivity contribution in [3.8, 4) is 0 Å². The van der Waals surface area contributed by atoms with Crippen molar-refractivity contribution in [2.75, 3.05) is 23.7 Å². The summed E-state index contributed by atoms with van der Waals surface area (Å²) in [6.07, 6.45) is 1.88. The summed E-state index contributed by atoms with van der Waals surface area (Å²) in [7, 11) is 0. The molecule has 1 aliphatic rings. The van der Waals surface area contributed by atoms with Crippen LogP contribution in [0, 0.1) is 5.41 Å². The van der Waals surface area contributed by atoms with Crippen LogP contribution in [0.15, 0.2) is 6.33 Å². The van der Waals surface area contributed by atoms with Crippen LogP contribution in [-0.4, -0.2) is 34.1 Å². The summed E-state index contributed by atoms with van der Waals surface area (Å²) in [6.45, 7) is 2.69. The minimum atomic E-state index is -0.807. The van der Waals surface area contributed by atoms with E-state index < -0.39 is 11.4 Å². The summed E-state index contributed by atoms with van der Waals surface area (Å²) < 4.78 is 0. The number of hydrogen-bond acceptors (Lipinski definition) is 5. The Bertz CT molecular complexity index is 468. The van der Waals surface area contributed by atoms with Crippen molar-refractivity contribution in [1.82, 2.24) is 9.97 Å². The number of hydrogen-bond donors (Lipinski definition) is 2. The molecule has 3 N–H and O–H groups in total. The van der Waals surface area contributed by atoms with Crippen LogP contribution in [0.3, 0.4) is 0 Å². The topological polar surface area (TPSA) is 92.3 Å². The van der Waals surface area contributed by atoms with Crippen molar-refractivity contribution in [3.05, 3.63) is 11.3 Å². The monoisotopic (exact) mass is 256 g/mol. The maximum Gasteiger partial charge on any atom is 0.311 e. The molecule has 1 aromatic heterocycles. The first-order chi connectivity index (χ1) is 7.94. The molecule has 0 radical (unpaired) electrons. The normalized spacial score (nSPS) is 24.0. The average molecular weight is 257 g/mol. The minimum Gasteiger partial charge on any atom is -0.481 e.